The van der Waals surface area contributed by atoms with E-state index in [9.17, 15) is 18.3 Å². The Balaban J connectivity index is 2.18. The van der Waals surface area contributed by atoms with Gasteiger partial charge in [0.1, 0.15) is 5.75 Å². The highest BCUT2D eigenvalue weighted by Crippen LogP contribution is 2.46. The van der Waals surface area contributed by atoms with Gasteiger partial charge in [-0.05, 0) is 31.7 Å². The topological polar surface area (TPSA) is 29.5 Å². The summed E-state index contributed by atoms with van der Waals surface area (Å²) in [4.78, 5) is 0. The zero-order valence-electron chi connectivity index (χ0n) is 10.7. The van der Waals surface area contributed by atoms with Crippen LogP contribution in [0.4, 0.5) is 13.2 Å². The normalized spacial score (nSPS) is 28.2. The lowest BCUT2D eigenvalue weighted by atomic mass is 9.74. The molecule has 0 heterocycles. The van der Waals surface area contributed by atoms with Crippen molar-refractivity contribution in [2.24, 2.45) is 5.92 Å². The van der Waals surface area contributed by atoms with E-state index >= 15 is 0 Å². The molecule has 1 aromatic carbocycles. The molecule has 0 aliphatic heterocycles. The molecule has 0 radical (unpaired) electrons. The second kappa shape index (κ2) is 5.04. The van der Waals surface area contributed by atoms with Crippen molar-refractivity contribution in [3.8, 4) is 5.75 Å². The Morgan fingerprint density at radius 1 is 1.21 bits per heavy atom. The monoisotopic (exact) mass is 274 g/mol. The van der Waals surface area contributed by atoms with Gasteiger partial charge < -0.3 is 9.84 Å². The number of methoxy groups -OCH3 is 1. The van der Waals surface area contributed by atoms with E-state index < -0.39 is 17.7 Å². The van der Waals surface area contributed by atoms with Crippen LogP contribution >= 0.6 is 0 Å². The van der Waals surface area contributed by atoms with Crippen molar-refractivity contribution >= 4 is 0 Å². The number of ether oxygens (including phenoxy) is 1. The van der Waals surface area contributed by atoms with Crippen molar-refractivity contribution in [2.75, 3.05) is 7.11 Å². The van der Waals surface area contributed by atoms with Gasteiger partial charge in [0.25, 0.3) is 0 Å². The molecule has 0 unspecified atom stereocenters. The maximum Gasteiger partial charge on any atom is 0.391 e. The molecule has 1 aliphatic carbocycles. The zero-order valence-corrected chi connectivity index (χ0v) is 10.7. The maximum atomic E-state index is 12.6. The van der Waals surface area contributed by atoms with Gasteiger partial charge in [-0.2, -0.15) is 13.2 Å². The number of para-hydroxylation sites is 1. The quantitative estimate of drug-likeness (QED) is 0.892. The van der Waals surface area contributed by atoms with Crippen LogP contribution in [-0.4, -0.2) is 18.4 Å². The fourth-order valence-electron chi connectivity index (χ4n) is 2.72. The molecule has 1 saturated carbocycles. The number of halogens is 3. The second-order valence-electron chi connectivity index (χ2n) is 5.05. The van der Waals surface area contributed by atoms with E-state index in [-0.39, 0.29) is 25.7 Å². The first-order valence-electron chi connectivity index (χ1n) is 6.29. The number of hydrogen-bond donors (Lipinski definition) is 1. The van der Waals surface area contributed by atoms with E-state index in [2.05, 4.69) is 0 Å². The van der Waals surface area contributed by atoms with Crippen LogP contribution in [0.5, 0.6) is 5.75 Å². The molecule has 5 heteroatoms. The second-order valence-corrected chi connectivity index (χ2v) is 5.05. The van der Waals surface area contributed by atoms with E-state index in [1.807, 2.05) is 0 Å². The van der Waals surface area contributed by atoms with E-state index in [1.54, 1.807) is 24.3 Å². The minimum absolute atomic E-state index is 0.0436. The van der Waals surface area contributed by atoms with Gasteiger partial charge in [0.2, 0.25) is 0 Å². The van der Waals surface area contributed by atoms with Gasteiger partial charge in [-0.1, -0.05) is 18.2 Å². The molecule has 19 heavy (non-hydrogen) atoms. The molecule has 1 aromatic rings. The third kappa shape index (κ3) is 2.86. The highest BCUT2D eigenvalue weighted by Gasteiger charge is 2.46. The molecule has 0 bridgehead atoms. The summed E-state index contributed by atoms with van der Waals surface area (Å²) >= 11 is 0. The Bertz CT molecular complexity index is 435. The van der Waals surface area contributed by atoms with Crippen LogP contribution in [0, 0.1) is 5.92 Å². The number of benzene rings is 1. The molecule has 1 N–H and O–H groups in total. The minimum Gasteiger partial charge on any atom is -0.496 e. The fraction of sp³-hybridized carbons (Fsp3) is 0.571. The summed E-state index contributed by atoms with van der Waals surface area (Å²) in [6.07, 6.45) is -4.03. The van der Waals surface area contributed by atoms with Crippen LogP contribution in [0.25, 0.3) is 0 Å². The lowest BCUT2D eigenvalue weighted by molar-refractivity contribution is -0.193. The summed E-state index contributed by atoms with van der Waals surface area (Å²) in [6, 6.07) is 6.95. The summed E-state index contributed by atoms with van der Waals surface area (Å²) in [5.74, 6) is -0.780. The Labute approximate surface area is 110 Å². The summed E-state index contributed by atoms with van der Waals surface area (Å²) < 4.78 is 43.1. The van der Waals surface area contributed by atoms with Crippen molar-refractivity contribution in [1.82, 2.24) is 0 Å². The van der Waals surface area contributed by atoms with Gasteiger partial charge in [0, 0.05) is 5.56 Å². The van der Waals surface area contributed by atoms with Crippen LogP contribution in [0.15, 0.2) is 24.3 Å². The standard InChI is InChI=1S/C14H17F3O2/c1-19-12-5-3-2-4-11(12)13(18)8-6-10(7-9-13)14(15,16)17/h2-5,10,18H,6-9H2,1H3. The van der Waals surface area contributed by atoms with Crippen LogP contribution < -0.4 is 4.74 Å². The Kier molecular flexibility index (Phi) is 3.76. The molecule has 2 rings (SSSR count). The van der Waals surface area contributed by atoms with Gasteiger partial charge in [-0.15, -0.1) is 0 Å². The molecule has 0 aromatic heterocycles. The van der Waals surface area contributed by atoms with E-state index in [1.165, 1.54) is 7.11 Å². The highest BCUT2D eigenvalue weighted by atomic mass is 19.4. The third-order valence-corrected chi connectivity index (χ3v) is 3.88. The molecule has 0 spiro atoms. The lowest BCUT2D eigenvalue weighted by Crippen LogP contribution is -2.36. The summed E-state index contributed by atoms with van der Waals surface area (Å²) in [5, 5.41) is 10.6. The molecule has 106 valence electrons. The fourth-order valence-corrected chi connectivity index (χ4v) is 2.72. The van der Waals surface area contributed by atoms with E-state index in [4.69, 9.17) is 4.74 Å². The largest absolute Gasteiger partial charge is 0.496 e. The molecule has 1 fully saturated rings. The zero-order chi connectivity index (χ0) is 14.1. The van der Waals surface area contributed by atoms with E-state index in [0.29, 0.717) is 11.3 Å². The van der Waals surface area contributed by atoms with E-state index in [0.717, 1.165) is 0 Å². The van der Waals surface area contributed by atoms with Crippen molar-refractivity contribution in [3.05, 3.63) is 29.8 Å². The summed E-state index contributed by atoms with van der Waals surface area (Å²) in [6.45, 7) is 0. The SMILES string of the molecule is COc1ccccc1C1(O)CCC(C(F)(F)F)CC1. The average Bonchev–Trinajstić information content (AvgIpc) is 2.38. The minimum atomic E-state index is -4.16. The first kappa shape index (κ1) is 14.2. The molecular formula is C14H17F3O2. The van der Waals surface area contributed by atoms with Gasteiger partial charge in [-0.3, -0.25) is 0 Å². The predicted molar refractivity (Wildman–Crippen MR) is 64.9 cm³/mol. The van der Waals surface area contributed by atoms with Crippen molar-refractivity contribution in [2.45, 2.75) is 37.5 Å². The smallest absolute Gasteiger partial charge is 0.391 e. The van der Waals surface area contributed by atoms with Crippen LogP contribution in [-0.2, 0) is 5.60 Å². The Hall–Kier alpha value is -1.23. The molecule has 0 amide bonds. The maximum absolute atomic E-state index is 12.6. The van der Waals surface area contributed by atoms with Crippen LogP contribution in [0.1, 0.15) is 31.2 Å². The molecule has 1 aliphatic rings. The van der Waals surface area contributed by atoms with Gasteiger partial charge in [0.05, 0.1) is 18.6 Å². The predicted octanol–water partition coefficient (Wildman–Crippen LogP) is 3.64. The summed E-state index contributed by atoms with van der Waals surface area (Å²) in [5.41, 5.74) is -0.632. The number of alkyl halides is 3. The van der Waals surface area contributed by atoms with Crippen molar-refractivity contribution in [3.63, 3.8) is 0 Å². The Morgan fingerprint density at radius 3 is 2.32 bits per heavy atom. The average molecular weight is 274 g/mol. The molecular weight excluding hydrogens is 257 g/mol. The van der Waals surface area contributed by atoms with Gasteiger partial charge in [-0.25, -0.2) is 0 Å². The first-order chi connectivity index (χ1) is 8.87. The summed E-state index contributed by atoms with van der Waals surface area (Å²) in [7, 11) is 1.49. The van der Waals surface area contributed by atoms with Crippen LogP contribution in [0.2, 0.25) is 0 Å². The molecule has 0 atom stereocenters. The lowest BCUT2D eigenvalue weighted by Gasteiger charge is -2.37. The first-order valence-corrected chi connectivity index (χ1v) is 6.29. The van der Waals surface area contributed by atoms with Crippen molar-refractivity contribution in [1.29, 1.82) is 0 Å². The highest BCUT2D eigenvalue weighted by molar-refractivity contribution is 5.38. The van der Waals surface area contributed by atoms with Gasteiger partial charge in [0.15, 0.2) is 0 Å². The molecule has 0 saturated heterocycles. The number of aliphatic hydroxyl groups is 1. The van der Waals surface area contributed by atoms with Gasteiger partial charge >= 0.3 is 6.18 Å². The third-order valence-electron chi connectivity index (χ3n) is 3.88. The number of rotatable bonds is 2. The van der Waals surface area contributed by atoms with Crippen molar-refractivity contribution < 1.29 is 23.0 Å². The Morgan fingerprint density at radius 2 is 1.79 bits per heavy atom. The van der Waals surface area contributed by atoms with Crippen LogP contribution in [0.3, 0.4) is 0 Å². The number of hydrogen-bond acceptors (Lipinski definition) is 2. The molecule has 2 nitrogen and oxygen atoms in total.